The lowest BCUT2D eigenvalue weighted by Crippen LogP contribution is -2.49. The molecule has 0 saturated carbocycles. The molecule has 0 aromatic rings. The normalized spacial score (nSPS) is 13.4. The third kappa shape index (κ3) is 31.2. The summed E-state index contributed by atoms with van der Waals surface area (Å²) in [4.78, 5) is 59.2. The van der Waals surface area contributed by atoms with Gasteiger partial charge < -0.3 is 30.7 Å². The molecule has 2 saturated heterocycles. The van der Waals surface area contributed by atoms with E-state index in [0.29, 0.717) is 6.42 Å². The highest BCUT2D eigenvalue weighted by Crippen LogP contribution is 2.18. The first-order valence-corrected chi connectivity index (χ1v) is 17.5. The second kappa shape index (κ2) is 35.5. The molecule has 0 bridgehead atoms. The van der Waals surface area contributed by atoms with Crippen molar-refractivity contribution in [2.24, 2.45) is 5.92 Å². The van der Waals surface area contributed by atoms with Gasteiger partial charge in [0.05, 0.1) is 0 Å². The van der Waals surface area contributed by atoms with Gasteiger partial charge in [-0.2, -0.15) is 0 Å². The molecular weight excluding hydrogens is 620 g/mol. The molecule has 2 rings (SSSR count). The maximum atomic E-state index is 11.4. The first kappa shape index (κ1) is 49.6. The van der Waals surface area contributed by atoms with Crippen molar-refractivity contribution in [1.82, 2.24) is 30.7 Å². The molecule has 0 aromatic heterocycles. The van der Waals surface area contributed by atoms with Crippen LogP contribution in [0.2, 0.25) is 0 Å². The van der Waals surface area contributed by atoms with Gasteiger partial charge in [0.25, 0.3) is 0 Å². The van der Waals surface area contributed by atoms with Gasteiger partial charge in [-0.3, -0.25) is 24.0 Å². The molecule has 49 heavy (non-hydrogen) atoms. The molecular formula is C38H68N6O5. The molecule has 2 aliphatic heterocycles. The molecule has 0 aromatic carbocycles. The highest BCUT2D eigenvalue weighted by atomic mass is 16.2. The molecule has 0 aliphatic carbocycles. The van der Waals surface area contributed by atoms with E-state index in [2.05, 4.69) is 43.3 Å². The topological polar surface area (TPSA) is 131 Å². The van der Waals surface area contributed by atoms with Crippen molar-refractivity contribution < 1.29 is 24.0 Å². The van der Waals surface area contributed by atoms with E-state index in [1.807, 2.05) is 43.0 Å². The Bertz CT molecular complexity index is 1030. The number of rotatable bonds is 15. The number of carbonyl (C=O) groups is 5. The van der Waals surface area contributed by atoms with Crippen LogP contribution in [-0.2, 0) is 24.0 Å². The number of carbonyl (C=O) groups excluding carboxylic acids is 5. The predicted molar refractivity (Wildman–Crippen MR) is 204 cm³/mol. The van der Waals surface area contributed by atoms with Crippen molar-refractivity contribution in [3.8, 4) is 0 Å². The second-order valence-electron chi connectivity index (χ2n) is 11.4. The number of likely N-dealkylation sites (tertiary alicyclic amines) is 2. The van der Waals surface area contributed by atoms with Gasteiger partial charge in [-0.15, -0.1) is 0 Å². The summed E-state index contributed by atoms with van der Waals surface area (Å²) in [5.74, 6) is 1.20. The Kier molecular flexibility index (Phi) is 35.9. The highest BCUT2D eigenvalue weighted by molar-refractivity contribution is 5.89. The van der Waals surface area contributed by atoms with E-state index < -0.39 is 0 Å². The molecule has 0 unspecified atom stereocenters. The molecule has 3 N–H and O–H groups in total. The minimum absolute atomic E-state index is 0.0234. The molecule has 2 fully saturated rings. The fraction of sp³-hybridized carbons (Fsp3) is 0.605. The van der Waals surface area contributed by atoms with Crippen molar-refractivity contribution >= 4 is 29.4 Å². The van der Waals surface area contributed by atoms with E-state index in [1.54, 1.807) is 51.5 Å². The number of hydrogen-bond donors (Lipinski definition) is 3. The SMILES string of the molecule is C=CC(=O)CC.CCC/C=C/C(=O)N1CC(CC)C1.CCC/C=C/C(=O)N1CCC1.CNC/C=C/C(=O)N(C)C.CNC/C=C/C(=O)NC. The van der Waals surface area contributed by atoms with Crippen LogP contribution in [0.25, 0.3) is 0 Å². The number of amides is 4. The van der Waals surface area contributed by atoms with Gasteiger partial charge in [-0.1, -0.05) is 71.4 Å². The van der Waals surface area contributed by atoms with Crippen LogP contribution in [0.4, 0.5) is 0 Å². The summed E-state index contributed by atoms with van der Waals surface area (Å²) in [5, 5.41) is 8.26. The fourth-order valence-corrected chi connectivity index (χ4v) is 3.40. The highest BCUT2D eigenvalue weighted by Gasteiger charge is 2.27. The van der Waals surface area contributed by atoms with Crippen LogP contribution in [0.5, 0.6) is 0 Å². The first-order chi connectivity index (χ1) is 23.4. The molecule has 0 spiro atoms. The van der Waals surface area contributed by atoms with E-state index in [-0.39, 0.29) is 29.4 Å². The Balaban J connectivity index is -0.000000551. The van der Waals surface area contributed by atoms with Gasteiger partial charge >= 0.3 is 0 Å². The third-order valence-electron chi connectivity index (χ3n) is 6.88. The summed E-state index contributed by atoms with van der Waals surface area (Å²) in [5.41, 5.74) is 0. The van der Waals surface area contributed by atoms with Gasteiger partial charge in [-0.25, -0.2) is 0 Å². The zero-order valence-corrected chi connectivity index (χ0v) is 32.1. The summed E-state index contributed by atoms with van der Waals surface area (Å²) < 4.78 is 0. The van der Waals surface area contributed by atoms with Crippen molar-refractivity contribution in [3.05, 3.63) is 61.3 Å². The molecule has 4 amide bonds. The van der Waals surface area contributed by atoms with Crippen LogP contribution in [0.3, 0.4) is 0 Å². The van der Waals surface area contributed by atoms with Gasteiger partial charge in [0.2, 0.25) is 23.6 Å². The van der Waals surface area contributed by atoms with Crippen LogP contribution in [-0.4, -0.2) is 119 Å². The maximum absolute atomic E-state index is 11.4. The average Bonchev–Trinajstić information content (AvgIpc) is 3.04. The van der Waals surface area contributed by atoms with Crippen LogP contribution >= 0.6 is 0 Å². The lowest BCUT2D eigenvalue weighted by atomic mass is 9.97. The number of nitrogens with zero attached hydrogens (tertiary/aromatic N) is 3. The van der Waals surface area contributed by atoms with Gasteiger partial charge in [0, 0.05) is 79.0 Å². The summed E-state index contributed by atoms with van der Waals surface area (Å²) in [6.45, 7) is 16.8. The summed E-state index contributed by atoms with van der Waals surface area (Å²) in [6.07, 6.45) is 22.5. The predicted octanol–water partition coefficient (Wildman–Crippen LogP) is 4.30. The Morgan fingerprint density at radius 3 is 1.55 bits per heavy atom. The molecule has 0 atom stereocenters. The third-order valence-corrected chi connectivity index (χ3v) is 6.88. The molecule has 280 valence electrons. The van der Waals surface area contributed by atoms with E-state index in [4.69, 9.17) is 0 Å². The van der Waals surface area contributed by atoms with Gasteiger partial charge in [0.15, 0.2) is 5.78 Å². The van der Waals surface area contributed by atoms with E-state index in [1.165, 1.54) is 29.9 Å². The zero-order chi connectivity index (χ0) is 37.9. The molecule has 11 heteroatoms. The minimum Gasteiger partial charge on any atom is -0.356 e. The first-order valence-electron chi connectivity index (χ1n) is 17.5. The fourth-order valence-electron chi connectivity index (χ4n) is 3.40. The van der Waals surface area contributed by atoms with Crippen molar-refractivity contribution in [2.75, 3.05) is 74.5 Å². The number of unbranched alkanes of at least 4 members (excludes halogenated alkanes) is 2. The molecule has 2 heterocycles. The number of ketones is 1. The number of likely N-dealkylation sites (N-methyl/N-ethyl adjacent to an activating group) is 4. The van der Waals surface area contributed by atoms with E-state index in [9.17, 15) is 24.0 Å². The van der Waals surface area contributed by atoms with Crippen LogP contribution in [0, 0.1) is 5.92 Å². The summed E-state index contributed by atoms with van der Waals surface area (Å²) >= 11 is 0. The summed E-state index contributed by atoms with van der Waals surface area (Å²) in [6, 6.07) is 0. The van der Waals surface area contributed by atoms with Crippen LogP contribution in [0.15, 0.2) is 61.3 Å². The Morgan fingerprint density at radius 1 is 0.735 bits per heavy atom. The number of hydrogen-bond acceptors (Lipinski definition) is 7. The average molecular weight is 689 g/mol. The monoisotopic (exact) mass is 689 g/mol. The van der Waals surface area contributed by atoms with Crippen molar-refractivity contribution in [1.29, 1.82) is 0 Å². The zero-order valence-electron chi connectivity index (χ0n) is 32.1. The van der Waals surface area contributed by atoms with Crippen LogP contribution in [0.1, 0.15) is 72.6 Å². The number of nitrogens with one attached hydrogen (secondary N) is 3. The minimum atomic E-state index is -0.0646. The van der Waals surface area contributed by atoms with E-state index in [0.717, 1.165) is 70.9 Å². The Hall–Kier alpha value is -3.83. The molecule has 11 nitrogen and oxygen atoms in total. The Labute approximate surface area is 298 Å². The largest absolute Gasteiger partial charge is 0.356 e. The van der Waals surface area contributed by atoms with Crippen LogP contribution < -0.4 is 16.0 Å². The summed E-state index contributed by atoms with van der Waals surface area (Å²) in [7, 11) is 8.73. The standard InChI is InChI=1S/C11H19NO.C9H15NO.C7H14N2O.C6H12N2O.C5H8O/c1-3-5-6-7-11(13)12-8-10(4-2)9-12;1-2-3-4-6-9(11)10-7-5-8-10;1-8-6-4-5-7(10)9(2)3;1-7-5-3-4-6(9)8-2;1-3-5(6)4-2/h6-7,10H,3-5,8-9H2,1-2H3;4,6H,2-3,5,7-8H2,1H3;4-5,8H,6H2,1-3H3;3-4,7H,5H2,1-2H3,(H,8,9);3H,1,4H2,2H3/b7-6+;6-4+;5-4+;4-3+;. The quantitative estimate of drug-likeness (QED) is 0.219. The molecule has 2 aliphatic rings. The smallest absolute Gasteiger partial charge is 0.246 e. The molecule has 0 radical (unpaired) electrons. The Morgan fingerprint density at radius 2 is 1.22 bits per heavy atom. The van der Waals surface area contributed by atoms with E-state index >= 15 is 0 Å². The lowest BCUT2D eigenvalue weighted by molar-refractivity contribution is -0.132. The van der Waals surface area contributed by atoms with Crippen molar-refractivity contribution in [3.63, 3.8) is 0 Å². The lowest BCUT2D eigenvalue weighted by Gasteiger charge is -2.38. The van der Waals surface area contributed by atoms with Gasteiger partial charge in [-0.05, 0) is 63.9 Å². The van der Waals surface area contributed by atoms with Gasteiger partial charge in [0.1, 0.15) is 0 Å². The van der Waals surface area contributed by atoms with Crippen molar-refractivity contribution in [2.45, 2.75) is 72.6 Å². The second-order valence-corrected chi connectivity index (χ2v) is 11.4. The number of allylic oxidation sites excluding steroid dienone is 3. The maximum Gasteiger partial charge on any atom is 0.246 e.